The quantitative estimate of drug-likeness (QED) is 0.630. The normalized spacial score (nSPS) is 16.3. The molecule has 3 aromatic rings. The molecule has 166 valence electrons. The van der Waals surface area contributed by atoms with Crippen LogP contribution in [0.15, 0.2) is 23.0 Å². The minimum Gasteiger partial charge on any atom is -0.461 e. The standard InChI is InChI=1S/C20H22F3N5O3/c1-3-31-19(30)16-15(11-27-8-6-26(2)7-9-27)28-14-5-4-12(20(21,22)23)10-13(14)24-18(29)17(28)25-16/h4-5,10H,3,6-9,11H2,1-2H3,(H,24,29). The molecule has 0 radical (unpaired) electrons. The van der Waals surface area contributed by atoms with Crippen molar-refractivity contribution in [2.45, 2.75) is 19.6 Å². The number of aromatic amines is 1. The van der Waals surface area contributed by atoms with E-state index >= 15 is 0 Å². The predicted octanol–water partition coefficient (Wildman–Crippen LogP) is 2.12. The summed E-state index contributed by atoms with van der Waals surface area (Å²) in [7, 11) is 2.01. The molecule has 0 bridgehead atoms. The first-order chi connectivity index (χ1) is 14.7. The zero-order chi connectivity index (χ0) is 22.3. The Balaban J connectivity index is 1.92. The molecule has 1 aromatic carbocycles. The molecular formula is C20H22F3N5O3. The summed E-state index contributed by atoms with van der Waals surface area (Å²) in [4.78, 5) is 36.2. The van der Waals surface area contributed by atoms with E-state index in [1.807, 2.05) is 7.05 Å². The highest BCUT2D eigenvalue weighted by molar-refractivity contribution is 5.91. The van der Waals surface area contributed by atoms with Crippen LogP contribution in [0.2, 0.25) is 0 Å². The number of hydrogen-bond acceptors (Lipinski definition) is 6. The number of fused-ring (bicyclic) bond motifs is 3. The average molecular weight is 437 g/mol. The van der Waals surface area contributed by atoms with Crippen molar-refractivity contribution < 1.29 is 22.7 Å². The summed E-state index contributed by atoms with van der Waals surface area (Å²) in [5.41, 5.74) is -0.843. The summed E-state index contributed by atoms with van der Waals surface area (Å²) in [6.45, 7) is 5.25. The number of halogens is 3. The maximum atomic E-state index is 13.2. The van der Waals surface area contributed by atoms with Crippen molar-refractivity contribution in [2.75, 3.05) is 39.8 Å². The molecule has 0 saturated carbocycles. The molecule has 0 atom stereocenters. The maximum absolute atomic E-state index is 13.2. The Morgan fingerprint density at radius 1 is 1.23 bits per heavy atom. The summed E-state index contributed by atoms with van der Waals surface area (Å²) in [5.74, 6) is -0.671. The van der Waals surface area contributed by atoms with Crippen molar-refractivity contribution in [1.82, 2.24) is 24.2 Å². The third-order valence-electron chi connectivity index (χ3n) is 5.43. The first-order valence-electron chi connectivity index (χ1n) is 9.91. The van der Waals surface area contributed by atoms with Crippen LogP contribution < -0.4 is 5.56 Å². The van der Waals surface area contributed by atoms with Gasteiger partial charge in [-0.05, 0) is 32.2 Å². The molecular weight excluding hydrogens is 415 g/mol. The van der Waals surface area contributed by atoms with E-state index in [9.17, 15) is 22.8 Å². The van der Waals surface area contributed by atoms with E-state index in [-0.39, 0.29) is 23.5 Å². The van der Waals surface area contributed by atoms with Gasteiger partial charge in [0, 0.05) is 32.7 Å². The molecule has 3 heterocycles. The molecule has 31 heavy (non-hydrogen) atoms. The van der Waals surface area contributed by atoms with Crippen LogP contribution in [0.4, 0.5) is 13.2 Å². The van der Waals surface area contributed by atoms with E-state index in [2.05, 4.69) is 19.8 Å². The van der Waals surface area contributed by atoms with Crippen molar-refractivity contribution in [3.05, 3.63) is 45.5 Å². The van der Waals surface area contributed by atoms with Crippen LogP contribution in [0.1, 0.15) is 28.7 Å². The van der Waals surface area contributed by atoms with Gasteiger partial charge < -0.3 is 14.6 Å². The van der Waals surface area contributed by atoms with Crippen LogP contribution in [0.3, 0.4) is 0 Å². The Hall–Kier alpha value is -2.92. The largest absolute Gasteiger partial charge is 0.461 e. The van der Waals surface area contributed by atoms with Crippen molar-refractivity contribution in [3.8, 4) is 0 Å². The lowest BCUT2D eigenvalue weighted by Crippen LogP contribution is -2.44. The lowest BCUT2D eigenvalue weighted by Gasteiger charge is -2.32. The number of aromatic nitrogens is 3. The van der Waals surface area contributed by atoms with Gasteiger partial charge in [-0.15, -0.1) is 0 Å². The highest BCUT2D eigenvalue weighted by Gasteiger charge is 2.31. The number of H-pyrrole nitrogens is 1. The molecule has 1 aliphatic rings. The fourth-order valence-corrected chi connectivity index (χ4v) is 3.78. The smallest absolute Gasteiger partial charge is 0.416 e. The van der Waals surface area contributed by atoms with Gasteiger partial charge >= 0.3 is 12.1 Å². The van der Waals surface area contributed by atoms with Crippen LogP contribution in [0.25, 0.3) is 16.7 Å². The number of piperazine rings is 1. The van der Waals surface area contributed by atoms with Gasteiger partial charge in [0.15, 0.2) is 5.69 Å². The molecule has 4 rings (SSSR count). The molecule has 0 aliphatic carbocycles. The molecule has 1 saturated heterocycles. The number of imidazole rings is 1. The number of carbonyl (C=O) groups is 1. The molecule has 11 heteroatoms. The minimum absolute atomic E-state index is 0.00123. The van der Waals surface area contributed by atoms with Gasteiger partial charge in [-0.25, -0.2) is 9.78 Å². The molecule has 0 amide bonds. The summed E-state index contributed by atoms with van der Waals surface area (Å²) in [6.07, 6.45) is -4.55. The van der Waals surface area contributed by atoms with Crippen LogP contribution >= 0.6 is 0 Å². The Labute approximate surface area is 175 Å². The number of nitrogens with one attached hydrogen (secondary N) is 1. The Morgan fingerprint density at radius 2 is 1.94 bits per heavy atom. The summed E-state index contributed by atoms with van der Waals surface area (Å²) in [6, 6.07) is 3.12. The number of hydrogen-bond donors (Lipinski definition) is 1. The van der Waals surface area contributed by atoms with E-state index < -0.39 is 23.3 Å². The Kier molecular flexibility index (Phi) is 5.48. The number of ether oxygens (including phenoxy) is 1. The van der Waals surface area contributed by atoms with Crippen LogP contribution in [0.5, 0.6) is 0 Å². The number of rotatable bonds is 4. The molecule has 0 spiro atoms. The van der Waals surface area contributed by atoms with Crippen LogP contribution in [-0.2, 0) is 17.5 Å². The van der Waals surface area contributed by atoms with Gasteiger partial charge in [0.25, 0.3) is 5.56 Å². The van der Waals surface area contributed by atoms with Crippen molar-refractivity contribution >= 4 is 22.6 Å². The van der Waals surface area contributed by atoms with Gasteiger partial charge in [-0.3, -0.25) is 14.1 Å². The number of nitrogens with zero attached hydrogens (tertiary/aromatic N) is 4. The third-order valence-corrected chi connectivity index (χ3v) is 5.43. The third kappa shape index (κ3) is 4.02. The van der Waals surface area contributed by atoms with Gasteiger partial charge in [0.1, 0.15) is 0 Å². The predicted molar refractivity (Wildman–Crippen MR) is 107 cm³/mol. The number of esters is 1. The zero-order valence-electron chi connectivity index (χ0n) is 17.1. The second-order valence-electron chi connectivity index (χ2n) is 7.55. The summed E-state index contributed by atoms with van der Waals surface area (Å²) in [5, 5.41) is 0. The van der Waals surface area contributed by atoms with Crippen molar-refractivity contribution in [1.29, 1.82) is 0 Å². The topological polar surface area (TPSA) is 82.9 Å². The Bertz CT molecular complexity index is 1190. The minimum atomic E-state index is -4.55. The lowest BCUT2D eigenvalue weighted by atomic mass is 10.2. The van der Waals surface area contributed by atoms with E-state index in [4.69, 9.17) is 4.74 Å². The highest BCUT2D eigenvalue weighted by atomic mass is 19.4. The number of alkyl halides is 3. The van der Waals surface area contributed by atoms with Crippen molar-refractivity contribution in [2.24, 2.45) is 0 Å². The lowest BCUT2D eigenvalue weighted by molar-refractivity contribution is -0.137. The maximum Gasteiger partial charge on any atom is 0.416 e. The fourth-order valence-electron chi connectivity index (χ4n) is 3.78. The summed E-state index contributed by atoms with van der Waals surface area (Å²) < 4.78 is 46.1. The molecule has 1 aliphatic heterocycles. The number of carbonyl (C=O) groups excluding carboxylic acids is 1. The molecule has 2 aromatic heterocycles. The second-order valence-corrected chi connectivity index (χ2v) is 7.55. The fraction of sp³-hybridized carbons (Fsp3) is 0.450. The number of benzene rings is 1. The van der Waals surface area contributed by atoms with Gasteiger partial charge in [0.05, 0.1) is 28.9 Å². The van der Waals surface area contributed by atoms with E-state index in [0.29, 0.717) is 17.8 Å². The van der Waals surface area contributed by atoms with Gasteiger partial charge in [-0.1, -0.05) is 0 Å². The molecule has 1 fully saturated rings. The zero-order valence-corrected chi connectivity index (χ0v) is 17.1. The molecule has 8 nitrogen and oxygen atoms in total. The van der Waals surface area contributed by atoms with Gasteiger partial charge in [0.2, 0.25) is 5.65 Å². The van der Waals surface area contributed by atoms with E-state index in [1.54, 1.807) is 6.92 Å². The number of likely N-dealkylation sites (N-methyl/N-ethyl adjacent to an activating group) is 1. The van der Waals surface area contributed by atoms with E-state index in [1.165, 1.54) is 10.5 Å². The van der Waals surface area contributed by atoms with E-state index in [0.717, 1.165) is 38.3 Å². The second kappa shape index (κ2) is 7.97. The SMILES string of the molecule is CCOC(=O)c1nc2c(=O)[nH]c3cc(C(F)(F)F)ccc3n2c1CN1CCN(C)CC1. The van der Waals surface area contributed by atoms with Gasteiger partial charge in [-0.2, -0.15) is 13.2 Å². The molecule has 1 N–H and O–H groups in total. The van der Waals surface area contributed by atoms with Crippen LogP contribution in [-0.4, -0.2) is 70.0 Å². The highest BCUT2D eigenvalue weighted by Crippen LogP contribution is 2.31. The molecule has 0 unspecified atom stereocenters. The average Bonchev–Trinajstić information content (AvgIpc) is 3.09. The monoisotopic (exact) mass is 437 g/mol. The van der Waals surface area contributed by atoms with Crippen molar-refractivity contribution in [3.63, 3.8) is 0 Å². The first kappa shape index (κ1) is 21.3. The first-order valence-corrected chi connectivity index (χ1v) is 9.91. The summed E-state index contributed by atoms with van der Waals surface area (Å²) >= 11 is 0. The Morgan fingerprint density at radius 3 is 2.58 bits per heavy atom. The van der Waals surface area contributed by atoms with Crippen LogP contribution in [0, 0.1) is 0 Å².